The third-order valence-corrected chi connectivity index (χ3v) is 4.05. The van der Waals surface area contributed by atoms with Gasteiger partial charge in [-0.15, -0.1) is 0 Å². The van der Waals surface area contributed by atoms with Crippen molar-refractivity contribution in [1.29, 1.82) is 0 Å². The topological polar surface area (TPSA) is 71.0 Å². The van der Waals surface area contributed by atoms with Crippen molar-refractivity contribution < 1.29 is 14.3 Å². The van der Waals surface area contributed by atoms with Crippen LogP contribution in [0.3, 0.4) is 0 Å². The Morgan fingerprint density at radius 1 is 1.17 bits per heavy atom. The Hall–Kier alpha value is -2.09. The lowest BCUT2D eigenvalue weighted by atomic mass is 10.3. The van der Waals surface area contributed by atoms with Crippen molar-refractivity contribution in [3.05, 3.63) is 12.3 Å². The summed E-state index contributed by atoms with van der Waals surface area (Å²) in [5.74, 6) is 1.66. The zero-order valence-electron chi connectivity index (χ0n) is 13.5. The van der Waals surface area contributed by atoms with Crippen molar-refractivity contribution in [3.8, 4) is 0 Å². The number of carbonyl (C=O) groups is 1. The quantitative estimate of drug-likeness (QED) is 0.807. The van der Waals surface area contributed by atoms with Crippen LogP contribution in [0, 0.1) is 0 Å². The van der Waals surface area contributed by atoms with Crippen LogP contribution in [0.5, 0.6) is 0 Å². The van der Waals surface area contributed by atoms with Gasteiger partial charge < -0.3 is 24.2 Å². The molecule has 0 radical (unpaired) electrons. The van der Waals surface area contributed by atoms with E-state index < -0.39 is 0 Å². The Bertz CT molecular complexity index is 528. The van der Waals surface area contributed by atoms with E-state index in [-0.39, 0.29) is 6.09 Å². The van der Waals surface area contributed by atoms with Gasteiger partial charge in [0.2, 0.25) is 5.95 Å². The molecule has 1 aromatic heterocycles. The van der Waals surface area contributed by atoms with Crippen LogP contribution in [0.4, 0.5) is 16.6 Å². The van der Waals surface area contributed by atoms with Crippen LogP contribution in [0.1, 0.15) is 6.92 Å². The average molecular weight is 321 g/mol. The predicted octanol–water partition coefficient (Wildman–Crippen LogP) is 0.592. The standard InChI is InChI=1S/C15H23N5O3/c1-2-23-15(21)20-7-5-18(6-8-20)13-3-4-16-14(17-13)19-9-11-22-12-10-19/h3-4H,2,5-12H2,1H3. The third kappa shape index (κ3) is 3.82. The van der Waals surface area contributed by atoms with Gasteiger partial charge in [-0.2, -0.15) is 4.98 Å². The number of ether oxygens (including phenoxy) is 2. The number of rotatable bonds is 3. The second-order valence-electron chi connectivity index (χ2n) is 5.49. The summed E-state index contributed by atoms with van der Waals surface area (Å²) < 4.78 is 10.4. The lowest BCUT2D eigenvalue weighted by Gasteiger charge is -2.35. The summed E-state index contributed by atoms with van der Waals surface area (Å²) in [6.45, 7) is 8.09. The van der Waals surface area contributed by atoms with Crippen molar-refractivity contribution >= 4 is 17.9 Å². The molecular weight excluding hydrogens is 298 g/mol. The minimum absolute atomic E-state index is 0.233. The molecule has 2 fully saturated rings. The van der Waals surface area contributed by atoms with Gasteiger partial charge in [-0.1, -0.05) is 0 Å². The second-order valence-corrected chi connectivity index (χ2v) is 5.49. The molecule has 0 saturated carbocycles. The van der Waals surface area contributed by atoms with Gasteiger partial charge >= 0.3 is 6.09 Å². The van der Waals surface area contributed by atoms with Gasteiger partial charge in [-0.05, 0) is 13.0 Å². The smallest absolute Gasteiger partial charge is 0.409 e. The van der Waals surface area contributed by atoms with E-state index in [4.69, 9.17) is 9.47 Å². The van der Waals surface area contributed by atoms with Crippen LogP contribution >= 0.6 is 0 Å². The van der Waals surface area contributed by atoms with Crippen LogP contribution in [-0.4, -0.2) is 80.1 Å². The molecule has 0 N–H and O–H groups in total. The highest BCUT2D eigenvalue weighted by atomic mass is 16.6. The van der Waals surface area contributed by atoms with Crippen molar-refractivity contribution in [2.24, 2.45) is 0 Å². The fraction of sp³-hybridized carbons (Fsp3) is 0.667. The minimum Gasteiger partial charge on any atom is -0.450 e. The summed E-state index contributed by atoms with van der Waals surface area (Å²) in [7, 11) is 0. The van der Waals surface area contributed by atoms with Crippen LogP contribution in [-0.2, 0) is 9.47 Å². The first-order chi connectivity index (χ1) is 11.3. The molecule has 8 nitrogen and oxygen atoms in total. The average Bonchev–Trinajstić information content (AvgIpc) is 2.63. The maximum Gasteiger partial charge on any atom is 0.409 e. The highest BCUT2D eigenvalue weighted by Crippen LogP contribution is 2.17. The molecule has 0 atom stereocenters. The van der Waals surface area contributed by atoms with Crippen LogP contribution in [0.15, 0.2) is 12.3 Å². The van der Waals surface area contributed by atoms with Crippen LogP contribution in [0.2, 0.25) is 0 Å². The molecule has 0 bridgehead atoms. The molecule has 3 rings (SSSR count). The van der Waals surface area contributed by atoms with Gasteiger partial charge in [0.1, 0.15) is 5.82 Å². The molecule has 2 aliphatic rings. The number of piperazine rings is 1. The van der Waals surface area contributed by atoms with Crippen molar-refractivity contribution in [1.82, 2.24) is 14.9 Å². The zero-order chi connectivity index (χ0) is 16.1. The Labute approximate surface area is 136 Å². The number of aromatic nitrogens is 2. The summed E-state index contributed by atoms with van der Waals surface area (Å²) in [4.78, 5) is 26.9. The highest BCUT2D eigenvalue weighted by molar-refractivity contribution is 5.68. The van der Waals surface area contributed by atoms with Crippen LogP contribution < -0.4 is 9.80 Å². The van der Waals surface area contributed by atoms with Gasteiger partial charge in [0.05, 0.1) is 19.8 Å². The van der Waals surface area contributed by atoms with E-state index in [0.717, 1.165) is 37.9 Å². The van der Waals surface area contributed by atoms with Crippen molar-refractivity contribution in [2.75, 3.05) is 68.9 Å². The fourth-order valence-corrected chi connectivity index (χ4v) is 2.76. The third-order valence-electron chi connectivity index (χ3n) is 4.05. The number of amides is 1. The Balaban J connectivity index is 1.61. The first-order valence-corrected chi connectivity index (χ1v) is 8.10. The van der Waals surface area contributed by atoms with Gasteiger partial charge in [0, 0.05) is 45.5 Å². The minimum atomic E-state index is -0.233. The number of morpholine rings is 1. The monoisotopic (exact) mass is 321 g/mol. The lowest BCUT2D eigenvalue weighted by molar-refractivity contribution is 0.105. The van der Waals surface area contributed by atoms with Gasteiger partial charge in [-0.3, -0.25) is 0 Å². The van der Waals surface area contributed by atoms with E-state index >= 15 is 0 Å². The van der Waals surface area contributed by atoms with Crippen molar-refractivity contribution in [3.63, 3.8) is 0 Å². The molecular formula is C15H23N5O3. The molecule has 23 heavy (non-hydrogen) atoms. The number of anilines is 2. The second kappa shape index (κ2) is 7.45. The molecule has 1 amide bonds. The Kier molecular flexibility index (Phi) is 5.12. The largest absolute Gasteiger partial charge is 0.450 e. The first kappa shape index (κ1) is 15.8. The highest BCUT2D eigenvalue weighted by Gasteiger charge is 2.23. The van der Waals surface area contributed by atoms with E-state index in [2.05, 4.69) is 19.8 Å². The molecule has 126 valence electrons. The predicted molar refractivity (Wildman–Crippen MR) is 85.9 cm³/mol. The number of carbonyl (C=O) groups excluding carboxylic acids is 1. The Morgan fingerprint density at radius 3 is 2.61 bits per heavy atom. The van der Waals surface area contributed by atoms with Crippen molar-refractivity contribution in [2.45, 2.75) is 6.92 Å². The summed E-state index contributed by atoms with van der Waals surface area (Å²) in [6.07, 6.45) is 1.56. The van der Waals surface area contributed by atoms with Gasteiger partial charge in [-0.25, -0.2) is 9.78 Å². The molecule has 2 saturated heterocycles. The summed E-state index contributed by atoms with van der Waals surface area (Å²) >= 11 is 0. The molecule has 0 spiro atoms. The van der Waals surface area contributed by atoms with E-state index in [1.54, 1.807) is 11.1 Å². The van der Waals surface area contributed by atoms with E-state index in [0.29, 0.717) is 32.9 Å². The lowest BCUT2D eigenvalue weighted by Crippen LogP contribution is -2.49. The molecule has 0 unspecified atom stereocenters. The van der Waals surface area contributed by atoms with E-state index in [1.807, 2.05) is 13.0 Å². The normalized spacial score (nSPS) is 18.9. The first-order valence-electron chi connectivity index (χ1n) is 8.10. The summed E-state index contributed by atoms with van der Waals surface area (Å²) in [6, 6.07) is 1.92. The molecule has 0 aromatic carbocycles. The van der Waals surface area contributed by atoms with Gasteiger partial charge in [0.25, 0.3) is 0 Å². The summed E-state index contributed by atoms with van der Waals surface area (Å²) in [5, 5.41) is 0. The molecule has 8 heteroatoms. The van der Waals surface area contributed by atoms with Crippen LogP contribution in [0.25, 0.3) is 0 Å². The zero-order valence-corrected chi connectivity index (χ0v) is 13.5. The molecule has 2 aliphatic heterocycles. The Morgan fingerprint density at radius 2 is 1.91 bits per heavy atom. The van der Waals surface area contributed by atoms with Gasteiger partial charge in [0.15, 0.2) is 0 Å². The summed E-state index contributed by atoms with van der Waals surface area (Å²) in [5.41, 5.74) is 0. The molecule has 0 aliphatic carbocycles. The van der Waals surface area contributed by atoms with E-state index in [1.165, 1.54) is 0 Å². The van der Waals surface area contributed by atoms with E-state index in [9.17, 15) is 4.79 Å². The number of nitrogens with zero attached hydrogens (tertiary/aromatic N) is 5. The number of hydrogen-bond donors (Lipinski definition) is 0. The molecule has 1 aromatic rings. The number of hydrogen-bond acceptors (Lipinski definition) is 7. The maximum atomic E-state index is 11.7. The SMILES string of the molecule is CCOC(=O)N1CCN(c2ccnc(N3CCOCC3)n2)CC1. The maximum absolute atomic E-state index is 11.7. The molecule has 3 heterocycles. The fourth-order valence-electron chi connectivity index (χ4n) is 2.76.